The van der Waals surface area contributed by atoms with Crippen molar-refractivity contribution in [3.63, 3.8) is 0 Å². The van der Waals surface area contributed by atoms with E-state index in [0.717, 1.165) is 13.1 Å². The Balaban J connectivity index is 2.45. The molecule has 5 N–H and O–H groups in total. The van der Waals surface area contributed by atoms with Crippen molar-refractivity contribution in [1.29, 1.82) is 0 Å². The molecule has 106 valence electrons. The summed E-state index contributed by atoms with van der Waals surface area (Å²) in [5.41, 5.74) is 11.4. The highest BCUT2D eigenvalue weighted by atomic mass is 16.5. The smallest absolute Gasteiger partial charge is 0.250 e. The third kappa shape index (κ3) is 5.11. The maximum atomic E-state index is 11.1. The van der Waals surface area contributed by atoms with Crippen LogP contribution in [0, 0.1) is 0 Å². The van der Waals surface area contributed by atoms with E-state index in [0.29, 0.717) is 19.0 Å². The van der Waals surface area contributed by atoms with Crippen LogP contribution in [0.4, 0.5) is 11.5 Å². The fourth-order valence-electron chi connectivity index (χ4n) is 1.51. The number of pyridine rings is 1. The predicted octanol–water partition coefficient (Wildman–Crippen LogP) is -0.247. The highest BCUT2D eigenvalue weighted by Gasteiger charge is 2.07. The molecule has 0 aliphatic carbocycles. The van der Waals surface area contributed by atoms with Crippen LogP contribution in [0.25, 0.3) is 0 Å². The summed E-state index contributed by atoms with van der Waals surface area (Å²) in [7, 11) is 3.68. The minimum Gasteiger partial charge on any atom is -0.397 e. The minimum absolute atomic E-state index is 0.283. The highest BCUT2D eigenvalue weighted by Crippen LogP contribution is 2.13. The molecule has 0 saturated heterocycles. The van der Waals surface area contributed by atoms with Gasteiger partial charge in [-0.05, 0) is 13.1 Å². The number of primary amides is 1. The Bertz CT molecular complexity index is 425. The van der Waals surface area contributed by atoms with Crippen LogP contribution in [0.5, 0.6) is 0 Å². The molecule has 1 aromatic heterocycles. The Morgan fingerprint density at radius 1 is 1.53 bits per heavy atom. The molecule has 0 aliphatic rings. The highest BCUT2D eigenvalue weighted by molar-refractivity contribution is 5.98. The number of nitrogens with one attached hydrogen (secondary N) is 1. The third-order valence-corrected chi connectivity index (χ3v) is 2.68. The van der Waals surface area contributed by atoms with Crippen molar-refractivity contribution in [2.24, 2.45) is 5.73 Å². The van der Waals surface area contributed by atoms with E-state index in [1.165, 1.54) is 6.20 Å². The maximum Gasteiger partial charge on any atom is 0.250 e. The Labute approximate surface area is 112 Å². The summed E-state index contributed by atoms with van der Waals surface area (Å²) in [5, 5.41) is 3.12. The molecule has 0 unspecified atom stereocenters. The van der Waals surface area contributed by atoms with Crippen molar-refractivity contribution in [2.45, 2.75) is 0 Å². The van der Waals surface area contributed by atoms with Crippen molar-refractivity contribution >= 4 is 17.4 Å². The number of carbonyl (C=O) groups is 1. The standard InChI is InChI=1S/C12H21N5O2/c1-17(5-6-19-2)4-3-15-11-7-9(12(14)18)10(13)8-16-11/h7-8H,3-6,13H2,1-2H3,(H2,14,18)(H,15,16). The fourth-order valence-corrected chi connectivity index (χ4v) is 1.51. The van der Waals surface area contributed by atoms with Gasteiger partial charge in [-0.2, -0.15) is 0 Å². The second-order valence-electron chi connectivity index (χ2n) is 4.24. The van der Waals surface area contributed by atoms with Crippen molar-refractivity contribution in [2.75, 3.05) is 51.4 Å². The van der Waals surface area contributed by atoms with Crippen molar-refractivity contribution in [1.82, 2.24) is 9.88 Å². The molecular formula is C12H21N5O2. The number of ether oxygens (including phenoxy) is 1. The minimum atomic E-state index is -0.555. The van der Waals surface area contributed by atoms with E-state index < -0.39 is 5.91 Å². The monoisotopic (exact) mass is 267 g/mol. The number of carbonyl (C=O) groups excluding carboxylic acids is 1. The van der Waals surface area contributed by atoms with E-state index >= 15 is 0 Å². The second kappa shape index (κ2) is 7.55. The van der Waals surface area contributed by atoms with Gasteiger partial charge < -0.3 is 26.4 Å². The van der Waals surface area contributed by atoms with E-state index in [9.17, 15) is 4.79 Å². The summed E-state index contributed by atoms with van der Waals surface area (Å²) >= 11 is 0. The van der Waals surface area contributed by atoms with Crippen LogP contribution in [0.3, 0.4) is 0 Å². The Hall–Kier alpha value is -1.86. The lowest BCUT2D eigenvalue weighted by atomic mass is 10.2. The van der Waals surface area contributed by atoms with Crippen LogP contribution in [0.1, 0.15) is 10.4 Å². The predicted molar refractivity (Wildman–Crippen MR) is 75.0 cm³/mol. The molecule has 0 saturated carbocycles. The zero-order valence-corrected chi connectivity index (χ0v) is 11.3. The van der Waals surface area contributed by atoms with Gasteiger partial charge in [0.15, 0.2) is 0 Å². The first kappa shape index (κ1) is 15.2. The van der Waals surface area contributed by atoms with Gasteiger partial charge in [0, 0.05) is 26.7 Å². The molecule has 0 radical (unpaired) electrons. The molecule has 1 aromatic rings. The lowest BCUT2D eigenvalue weighted by Gasteiger charge is -2.16. The SMILES string of the molecule is COCCN(C)CCNc1cc(C(N)=O)c(N)cn1. The quantitative estimate of drug-likeness (QED) is 0.600. The van der Waals surface area contributed by atoms with Gasteiger partial charge in [0.25, 0.3) is 5.91 Å². The largest absolute Gasteiger partial charge is 0.397 e. The van der Waals surface area contributed by atoms with Gasteiger partial charge >= 0.3 is 0 Å². The van der Waals surface area contributed by atoms with E-state index in [2.05, 4.69) is 15.2 Å². The Kier molecular flexibility index (Phi) is 6.04. The number of rotatable bonds is 8. The molecule has 0 spiro atoms. The molecule has 0 fully saturated rings. The maximum absolute atomic E-state index is 11.1. The number of nitrogens with zero attached hydrogens (tertiary/aromatic N) is 2. The van der Waals surface area contributed by atoms with Gasteiger partial charge in [-0.15, -0.1) is 0 Å². The first-order chi connectivity index (χ1) is 9.04. The van der Waals surface area contributed by atoms with Crippen molar-refractivity contribution in [3.05, 3.63) is 17.8 Å². The molecule has 1 amide bonds. The van der Waals surface area contributed by atoms with Gasteiger partial charge in [0.05, 0.1) is 24.1 Å². The van der Waals surface area contributed by atoms with Crippen LogP contribution in [-0.4, -0.2) is 56.2 Å². The third-order valence-electron chi connectivity index (χ3n) is 2.68. The number of nitrogen functional groups attached to an aromatic ring is 1. The van der Waals surface area contributed by atoms with Crippen LogP contribution >= 0.6 is 0 Å². The zero-order valence-electron chi connectivity index (χ0n) is 11.3. The Morgan fingerprint density at radius 2 is 2.26 bits per heavy atom. The van der Waals surface area contributed by atoms with E-state index in [1.807, 2.05) is 7.05 Å². The summed E-state index contributed by atoms with van der Waals surface area (Å²) in [6.45, 7) is 3.10. The van der Waals surface area contributed by atoms with Crippen LogP contribution in [0.15, 0.2) is 12.3 Å². The van der Waals surface area contributed by atoms with Crippen molar-refractivity contribution in [3.8, 4) is 0 Å². The van der Waals surface area contributed by atoms with Crippen LogP contribution in [0.2, 0.25) is 0 Å². The molecule has 0 aliphatic heterocycles. The number of hydrogen-bond acceptors (Lipinski definition) is 6. The average Bonchev–Trinajstić information content (AvgIpc) is 2.38. The lowest BCUT2D eigenvalue weighted by Crippen LogP contribution is -2.28. The van der Waals surface area contributed by atoms with Gasteiger partial charge in [-0.25, -0.2) is 4.98 Å². The van der Waals surface area contributed by atoms with Gasteiger partial charge in [-0.1, -0.05) is 0 Å². The number of hydrogen-bond donors (Lipinski definition) is 3. The molecule has 1 rings (SSSR count). The molecular weight excluding hydrogens is 246 g/mol. The molecule has 19 heavy (non-hydrogen) atoms. The number of methoxy groups -OCH3 is 1. The molecule has 7 heteroatoms. The summed E-state index contributed by atoms with van der Waals surface area (Å²) in [4.78, 5) is 17.4. The fraction of sp³-hybridized carbons (Fsp3) is 0.500. The lowest BCUT2D eigenvalue weighted by molar-refractivity contribution is 0.100. The molecule has 7 nitrogen and oxygen atoms in total. The number of anilines is 2. The zero-order chi connectivity index (χ0) is 14.3. The normalized spacial score (nSPS) is 10.7. The summed E-state index contributed by atoms with van der Waals surface area (Å²) in [5.74, 6) is 0.0308. The molecule has 0 bridgehead atoms. The number of amides is 1. The summed E-state index contributed by atoms with van der Waals surface area (Å²) < 4.78 is 4.99. The van der Waals surface area contributed by atoms with Crippen LogP contribution < -0.4 is 16.8 Å². The first-order valence-corrected chi connectivity index (χ1v) is 6.01. The van der Waals surface area contributed by atoms with Gasteiger partial charge in [-0.3, -0.25) is 4.79 Å². The molecule has 1 heterocycles. The van der Waals surface area contributed by atoms with E-state index in [1.54, 1.807) is 13.2 Å². The second-order valence-corrected chi connectivity index (χ2v) is 4.24. The topological polar surface area (TPSA) is 106 Å². The van der Waals surface area contributed by atoms with Crippen LogP contribution in [-0.2, 0) is 4.74 Å². The molecule has 0 atom stereocenters. The first-order valence-electron chi connectivity index (χ1n) is 6.01. The Morgan fingerprint density at radius 3 is 2.89 bits per heavy atom. The van der Waals surface area contributed by atoms with Crippen molar-refractivity contribution < 1.29 is 9.53 Å². The summed E-state index contributed by atoms with van der Waals surface area (Å²) in [6.07, 6.45) is 1.43. The average molecular weight is 267 g/mol. The van der Waals surface area contributed by atoms with Gasteiger partial charge in [0.1, 0.15) is 5.82 Å². The van der Waals surface area contributed by atoms with Gasteiger partial charge in [0.2, 0.25) is 0 Å². The molecule has 0 aromatic carbocycles. The van der Waals surface area contributed by atoms with E-state index in [-0.39, 0.29) is 11.3 Å². The number of nitrogens with two attached hydrogens (primary N) is 2. The summed E-state index contributed by atoms with van der Waals surface area (Å²) in [6, 6.07) is 1.56. The number of aromatic nitrogens is 1. The number of likely N-dealkylation sites (N-methyl/N-ethyl adjacent to an activating group) is 1. The van der Waals surface area contributed by atoms with E-state index in [4.69, 9.17) is 16.2 Å².